The Hall–Kier alpha value is -2.96. The van der Waals surface area contributed by atoms with Gasteiger partial charge in [-0.15, -0.1) is 11.3 Å². The Bertz CT molecular complexity index is 1190. The lowest BCUT2D eigenvalue weighted by molar-refractivity contribution is -0.122. The van der Waals surface area contributed by atoms with Gasteiger partial charge in [-0.05, 0) is 34.7 Å². The van der Waals surface area contributed by atoms with E-state index in [1.165, 1.54) is 22.2 Å². The van der Waals surface area contributed by atoms with Crippen molar-refractivity contribution < 1.29 is 4.79 Å². The van der Waals surface area contributed by atoms with E-state index in [1.807, 2.05) is 53.9 Å². The molecule has 7 heteroatoms. The molecule has 2 aromatic carbocycles. The van der Waals surface area contributed by atoms with Crippen molar-refractivity contribution in [3.05, 3.63) is 98.9 Å². The summed E-state index contributed by atoms with van der Waals surface area (Å²) in [5, 5.41) is 5.42. The van der Waals surface area contributed by atoms with Gasteiger partial charge in [-0.25, -0.2) is 4.98 Å². The summed E-state index contributed by atoms with van der Waals surface area (Å²) in [6.07, 6.45) is 1.41. The molecule has 4 rings (SSSR count). The summed E-state index contributed by atoms with van der Waals surface area (Å²) in [7, 11) is 0. The number of carbonyl (C=O) groups is 1. The first-order valence-electron chi connectivity index (χ1n) is 8.64. The molecule has 1 N–H and O–H groups in total. The SMILES string of the molecule is O=C(Cn1cnc2ccsc2c1=O)N[C@H](c1ccccc1)c1cccc(Cl)c1. The van der Waals surface area contributed by atoms with Gasteiger partial charge in [-0.1, -0.05) is 54.1 Å². The topological polar surface area (TPSA) is 64.0 Å². The maximum absolute atomic E-state index is 12.8. The number of nitrogens with zero attached hydrogens (tertiary/aromatic N) is 2. The van der Waals surface area contributed by atoms with Crippen LogP contribution in [0.1, 0.15) is 17.2 Å². The molecular weight excluding hydrogens is 394 g/mol. The summed E-state index contributed by atoms with van der Waals surface area (Å²) in [5.41, 5.74) is 2.23. The Labute approximate surface area is 170 Å². The van der Waals surface area contributed by atoms with Crippen molar-refractivity contribution in [2.24, 2.45) is 0 Å². The van der Waals surface area contributed by atoms with Crippen LogP contribution in [0, 0.1) is 0 Å². The lowest BCUT2D eigenvalue weighted by Gasteiger charge is -2.20. The summed E-state index contributed by atoms with van der Waals surface area (Å²) in [6, 6.07) is 18.4. The highest BCUT2D eigenvalue weighted by atomic mass is 35.5. The molecule has 2 aromatic heterocycles. The average molecular weight is 410 g/mol. The number of halogens is 1. The number of thiophene rings is 1. The minimum atomic E-state index is -0.374. The summed E-state index contributed by atoms with van der Waals surface area (Å²) < 4.78 is 1.87. The molecule has 0 radical (unpaired) electrons. The number of nitrogens with one attached hydrogen (secondary N) is 1. The van der Waals surface area contributed by atoms with Crippen LogP contribution in [0.2, 0.25) is 5.02 Å². The molecule has 5 nitrogen and oxygen atoms in total. The van der Waals surface area contributed by atoms with Gasteiger partial charge in [0.05, 0.1) is 17.9 Å². The molecule has 1 amide bonds. The van der Waals surface area contributed by atoms with Crippen LogP contribution in [0.25, 0.3) is 10.2 Å². The van der Waals surface area contributed by atoms with Gasteiger partial charge in [0, 0.05) is 5.02 Å². The van der Waals surface area contributed by atoms with E-state index in [0.29, 0.717) is 15.2 Å². The number of carbonyl (C=O) groups excluding carboxylic acids is 1. The average Bonchev–Trinajstić information content (AvgIpc) is 3.19. The van der Waals surface area contributed by atoms with E-state index >= 15 is 0 Å². The first kappa shape index (κ1) is 18.4. The zero-order valence-electron chi connectivity index (χ0n) is 14.7. The molecule has 28 heavy (non-hydrogen) atoms. The molecule has 0 aliphatic carbocycles. The number of amides is 1. The molecule has 0 saturated heterocycles. The van der Waals surface area contributed by atoms with Gasteiger partial charge in [0.1, 0.15) is 11.2 Å². The third kappa shape index (κ3) is 3.83. The van der Waals surface area contributed by atoms with Gasteiger partial charge in [0.2, 0.25) is 5.91 Å². The Morgan fingerprint density at radius 1 is 1.11 bits per heavy atom. The van der Waals surface area contributed by atoms with Gasteiger partial charge >= 0.3 is 0 Å². The third-order valence-corrected chi connectivity index (χ3v) is 5.50. The minimum absolute atomic E-state index is 0.108. The molecule has 0 unspecified atom stereocenters. The van der Waals surface area contributed by atoms with Crippen LogP contribution in [-0.4, -0.2) is 15.5 Å². The van der Waals surface area contributed by atoms with Crippen LogP contribution < -0.4 is 10.9 Å². The number of fused-ring (bicyclic) bond motifs is 1. The zero-order valence-corrected chi connectivity index (χ0v) is 16.3. The van der Waals surface area contributed by atoms with Crippen LogP contribution in [0.4, 0.5) is 0 Å². The molecule has 0 spiro atoms. The first-order valence-corrected chi connectivity index (χ1v) is 9.90. The van der Waals surface area contributed by atoms with Crippen molar-refractivity contribution in [1.29, 1.82) is 0 Å². The molecule has 0 aliphatic rings. The molecule has 140 valence electrons. The van der Waals surface area contributed by atoms with E-state index in [0.717, 1.165) is 11.1 Å². The van der Waals surface area contributed by atoms with Crippen molar-refractivity contribution >= 4 is 39.1 Å². The standard InChI is InChI=1S/C21H16ClN3O2S/c22-16-8-4-7-15(11-16)19(14-5-2-1-3-6-14)24-18(26)12-25-13-23-17-9-10-28-20(17)21(25)27/h1-11,13,19H,12H2,(H,24,26)/t19-/m1/s1. The monoisotopic (exact) mass is 409 g/mol. The van der Waals surface area contributed by atoms with Crippen molar-refractivity contribution in [3.8, 4) is 0 Å². The van der Waals surface area contributed by atoms with Crippen LogP contribution in [-0.2, 0) is 11.3 Å². The van der Waals surface area contributed by atoms with Crippen molar-refractivity contribution in [3.63, 3.8) is 0 Å². The predicted octanol–water partition coefficient (Wildman–Crippen LogP) is 4.02. The van der Waals surface area contributed by atoms with Gasteiger partial charge in [0.15, 0.2) is 0 Å². The van der Waals surface area contributed by atoms with Crippen LogP contribution >= 0.6 is 22.9 Å². The largest absolute Gasteiger partial charge is 0.344 e. The highest BCUT2D eigenvalue weighted by molar-refractivity contribution is 7.17. The van der Waals surface area contributed by atoms with Crippen LogP contribution in [0.5, 0.6) is 0 Å². The smallest absolute Gasteiger partial charge is 0.271 e. The highest BCUT2D eigenvalue weighted by Crippen LogP contribution is 2.24. The number of benzene rings is 2. The molecule has 0 saturated carbocycles. The quantitative estimate of drug-likeness (QED) is 0.541. The van der Waals surface area contributed by atoms with E-state index < -0.39 is 0 Å². The molecule has 2 heterocycles. The Morgan fingerprint density at radius 2 is 1.89 bits per heavy atom. The second kappa shape index (κ2) is 7.96. The summed E-state index contributed by atoms with van der Waals surface area (Å²) >= 11 is 7.47. The van der Waals surface area contributed by atoms with Crippen molar-refractivity contribution in [2.75, 3.05) is 0 Å². The van der Waals surface area contributed by atoms with Crippen molar-refractivity contribution in [1.82, 2.24) is 14.9 Å². The molecular formula is C21H16ClN3O2S. The third-order valence-electron chi connectivity index (χ3n) is 4.37. The fraction of sp³-hybridized carbons (Fsp3) is 0.0952. The Balaban J connectivity index is 1.62. The lowest BCUT2D eigenvalue weighted by Crippen LogP contribution is -2.35. The van der Waals surface area contributed by atoms with E-state index in [2.05, 4.69) is 10.3 Å². The van der Waals surface area contributed by atoms with Gasteiger partial charge in [-0.2, -0.15) is 0 Å². The number of hydrogen-bond donors (Lipinski definition) is 1. The fourth-order valence-corrected chi connectivity index (χ4v) is 4.04. The molecule has 0 fully saturated rings. The highest BCUT2D eigenvalue weighted by Gasteiger charge is 2.18. The van der Waals surface area contributed by atoms with E-state index in [1.54, 1.807) is 12.1 Å². The maximum atomic E-state index is 12.8. The van der Waals surface area contributed by atoms with Gasteiger partial charge in [-0.3, -0.25) is 14.2 Å². The summed E-state index contributed by atoms with van der Waals surface area (Å²) in [5.74, 6) is -0.284. The normalized spacial score (nSPS) is 12.0. The molecule has 4 aromatic rings. The predicted molar refractivity (Wildman–Crippen MR) is 112 cm³/mol. The summed E-state index contributed by atoms with van der Waals surface area (Å²) in [4.78, 5) is 29.5. The van der Waals surface area contributed by atoms with E-state index in [-0.39, 0.29) is 24.1 Å². The fourth-order valence-electron chi connectivity index (χ4n) is 3.04. The molecule has 0 aliphatic heterocycles. The molecule has 1 atom stereocenters. The van der Waals surface area contributed by atoms with Crippen molar-refractivity contribution in [2.45, 2.75) is 12.6 Å². The number of hydrogen-bond acceptors (Lipinski definition) is 4. The van der Waals surface area contributed by atoms with Gasteiger partial charge in [0.25, 0.3) is 5.56 Å². The molecule has 0 bridgehead atoms. The lowest BCUT2D eigenvalue weighted by atomic mass is 9.98. The number of aromatic nitrogens is 2. The van der Waals surface area contributed by atoms with Crippen LogP contribution in [0.3, 0.4) is 0 Å². The Morgan fingerprint density at radius 3 is 2.68 bits per heavy atom. The second-order valence-corrected chi connectivity index (χ2v) is 7.63. The second-order valence-electron chi connectivity index (χ2n) is 6.28. The zero-order chi connectivity index (χ0) is 19.5. The first-order chi connectivity index (χ1) is 13.6. The summed E-state index contributed by atoms with van der Waals surface area (Å²) in [6.45, 7) is -0.108. The minimum Gasteiger partial charge on any atom is -0.344 e. The maximum Gasteiger partial charge on any atom is 0.271 e. The van der Waals surface area contributed by atoms with Crippen LogP contribution in [0.15, 0.2) is 77.2 Å². The Kier molecular flexibility index (Phi) is 5.23. The van der Waals surface area contributed by atoms with Gasteiger partial charge < -0.3 is 5.32 Å². The number of rotatable bonds is 5. The van der Waals surface area contributed by atoms with E-state index in [4.69, 9.17) is 11.6 Å². The van der Waals surface area contributed by atoms with E-state index in [9.17, 15) is 9.59 Å².